The van der Waals surface area contributed by atoms with Crippen molar-refractivity contribution in [1.29, 1.82) is 0 Å². The minimum absolute atomic E-state index is 0.139. The number of nitrogens with two attached hydrogens (primary N) is 1. The summed E-state index contributed by atoms with van der Waals surface area (Å²) >= 11 is 0. The van der Waals surface area contributed by atoms with E-state index in [1.54, 1.807) is 12.1 Å². The van der Waals surface area contributed by atoms with Crippen LogP contribution in [0.1, 0.15) is 0 Å². The van der Waals surface area contributed by atoms with Gasteiger partial charge in [-0.25, -0.2) is 13.6 Å². The van der Waals surface area contributed by atoms with Crippen molar-refractivity contribution in [2.45, 2.75) is 4.90 Å². The highest BCUT2D eigenvalue weighted by atomic mass is 32.2. The third-order valence-electron chi connectivity index (χ3n) is 3.48. The molecule has 0 aliphatic heterocycles. The molecule has 0 aliphatic carbocycles. The smallest absolute Gasteiger partial charge is 0.225 e. The van der Waals surface area contributed by atoms with Gasteiger partial charge in [-0.3, -0.25) is 0 Å². The maximum Gasteiger partial charge on any atom is 0.238 e. The van der Waals surface area contributed by atoms with Gasteiger partial charge in [-0.05, 0) is 22.8 Å². The molecule has 0 saturated heterocycles. The molecule has 0 aromatic heterocycles. The normalized spacial score (nSPS) is 11.3. The van der Waals surface area contributed by atoms with Crippen molar-refractivity contribution in [2.24, 2.45) is 5.14 Å². The fraction of sp³-hybridized carbons (Fsp3) is 0. The van der Waals surface area contributed by atoms with E-state index in [1.165, 1.54) is 0 Å². The number of rotatable bonds is 3. The standard InChI is InChI=1S/C18H15NO2S/c19-22(20,21)17-13-7-12-16(14-8-3-1-4-9-14)18(17)15-10-5-2-6-11-15/h1-13H,(H2,19,20,21). The second kappa shape index (κ2) is 5.75. The molecule has 4 heteroatoms. The Bertz CT molecular complexity index is 889. The lowest BCUT2D eigenvalue weighted by Gasteiger charge is -2.14. The van der Waals surface area contributed by atoms with Crippen molar-refractivity contribution in [3.8, 4) is 22.3 Å². The Labute approximate surface area is 130 Å². The van der Waals surface area contributed by atoms with Gasteiger partial charge in [-0.15, -0.1) is 0 Å². The summed E-state index contributed by atoms with van der Waals surface area (Å²) in [5.41, 5.74) is 3.26. The van der Waals surface area contributed by atoms with Crippen LogP contribution in [0, 0.1) is 0 Å². The van der Waals surface area contributed by atoms with Gasteiger partial charge in [0.15, 0.2) is 0 Å². The molecule has 0 radical (unpaired) electrons. The maximum absolute atomic E-state index is 12.0. The lowest BCUT2D eigenvalue weighted by atomic mass is 9.94. The number of hydrogen-bond acceptors (Lipinski definition) is 2. The Morgan fingerprint density at radius 2 is 1.18 bits per heavy atom. The topological polar surface area (TPSA) is 60.2 Å². The van der Waals surface area contributed by atoms with E-state index in [2.05, 4.69) is 0 Å². The zero-order valence-electron chi connectivity index (χ0n) is 11.8. The van der Waals surface area contributed by atoms with Crippen LogP contribution in [0.2, 0.25) is 0 Å². The molecule has 3 aromatic carbocycles. The van der Waals surface area contributed by atoms with Crippen LogP contribution in [0.5, 0.6) is 0 Å². The highest BCUT2D eigenvalue weighted by Crippen LogP contribution is 2.36. The van der Waals surface area contributed by atoms with Crippen LogP contribution < -0.4 is 5.14 Å². The Kier molecular flexibility index (Phi) is 3.79. The minimum atomic E-state index is -3.81. The first-order valence-corrected chi connectivity index (χ1v) is 8.38. The van der Waals surface area contributed by atoms with Crippen molar-refractivity contribution in [3.63, 3.8) is 0 Å². The molecule has 110 valence electrons. The van der Waals surface area contributed by atoms with Gasteiger partial charge in [0.1, 0.15) is 0 Å². The average Bonchev–Trinajstić information content (AvgIpc) is 2.55. The second-order valence-corrected chi connectivity index (χ2v) is 6.49. The molecule has 0 spiro atoms. The van der Waals surface area contributed by atoms with E-state index < -0.39 is 10.0 Å². The maximum atomic E-state index is 12.0. The number of benzene rings is 3. The molecule has 0 amide bonds. The first-order chi connectivity index (χ1) is 10.6. The molecule has 2 N–H and O–H groups in total. The molecule has 22 heavy (non-hydrogen) atoms. The summed E-state index contributed by atoms with van der Waals surface area (Å²) in [5.74, 6) is 0. The average molecular weight is 309 g/mol. The monoisotopic (exact) mass is 309 g/mol. The van der Waals surface area contributed by atoms with Crippen molar-refractivity contribution in [1.82, 2.24) is 0 Å². The Balaban J connectivity index is 2.37. The van der Waals surface area contributed by atoms with Gasteiger partial charge < -0.3 is 0 Å². The van der Waals surface area contributed by atoms with Gasteiger partial charge >= 0.3 is 0 Å². The lowest BCUT2D eigenvalue weighted by Crippen LogP contribution is -2.13. The lowest BCUT2D eigenvalue weighted by molar-refractivity contribution is 0.598. The Hall–Kier alpha value is -2.43. The highest BCUT2D eigenvalue weighted by molar-refractivity contribution is 7.89. The van der Waals surface area contributed by atoms with Gasteiger partial charge in [0.05, 0.1) is 4.90 Å². The largest absolute Gasteiger partial charge is 0.238 e. The molecule has 0 saturated carbocycles. The predicted molar refractivity (Wildman–Crippen MR) is 88.7 cm³/mol. The summed E-state index contributed by atoms with van der Waals surface area (Å²) in [7, 11) is -3.81. The van der Waals surface area contributed by atoms with Gasteiger partial charge in [0.25, 0.3) is 0 Å². The van der Waals surface area contributed by atoms with Crippen LogP contribution in [0.4, 0.5) is 0 Å². The molecule has 0 unspecified atom stereocenters. The zero-order chi connectivity index (χ0) is 15.6. The SMILES string of the molecule is NS(=O)(=O)c1cccc(-c2ccccc2)c1-c1ccccc1. The molecule has 0 aliphatic rings. The van der Waals surface area contributed by atoms with Gasteiger partial charge in [0.2, 0.25) is 10.0 Å². The van der Waals surface area contributed by atoms with Crippen LogP contribution in [0.25, 0.3) is 22.3 Å². The summed E-state index contributed by atoms with van der Waals surface area (Å²) in [5, 5.41) is 5.41. The van der Waals surface area contributed by atoms with Crippen LogP contribution in [0.15, 0.2) is 83.8 Å². The fourth-order valence-corrected chi connectivity index (χ4v) is 3.31. The van der Waals surface area contributed by atoms with E-state index in [4.69, 9.17) is 5.14 Å². The Morgan fingerprint density at radius 1 is 0.636 bits per heavy atom. The third kappa shape index (κ3) is 2.79. The highest BCUT2D eigenvalue weighted by Gasteiger charge is 2.19. The summed E-state index contributed by atoms with van der Waals surface area (Å²) in [6, 6.07) is 24.3. The van der Waals surface area contributed by atoms with E-state index in [0.29, 0.717) is 5.56 Å². The fourth-order valence-electron chi connectivity index (χ4n) is 2.53. The van der Waals surface area contributed by atoms with E-state index in [9.17, 15) is 8.42 Å². The molecular formula is C18H15NO2S. The molecular weight excluding hydrogens is 294 g/mol. The quantitative estimate of drug-likeness (QED) is 0.802. The minimum Gasteiger partial charge on any atom is -0.225 e. The molecule has 0 atom stereocenters. The van der Waals surface area contributed by atoms with E-state index in [1.807, 2.05) is 66.7 Å². The predicted octanol–water partition coefficient (Wildman–Crippen LogP) is 3.67. The van der Waals surface area contributed by atoms with Crippen LogP contribution in [0.3, 0.4) is 0 Å². The molecule has 0 heterocycles. The first kappa shape index (κ1) is 14.5. The van der Waals surface area contributed by atoms with E-state index in [0.717, 1.165) is 16.7 Å². The molecule has 3 rings (SSSR count). The van der Waals surface area contributed by atoms with E-state index >= 15 is 0 Å². The van der Waals surface area contributed by atoms with Crippen molar-refractivity contribution >= 4 is 10.0 Å². The third-order valence-corrected chi connectivity index (χ3v) is 4.43. The second-order valence-electron chi connectivity index (χ2n) is 4.96. The van der Waals surface area contributed by atoms with Gasteiger partial charge in [-0.1, -0.05) is 72.8 Å². The molecule has 3 aromatic rings. The summed E-state index contributed by atoms with van der Waals surface area (Å²) < 4.78 is 24.0. The molecule has 3 nitrogen and oxygen atoms in total. The molecule has 0 fully saturated rings. The summed E-state index contributed by atoms with van der Waals surface area (Å²) in [4.78, 5) is 0.139. The Morgan fingerprint density at radius 3 is 1.73 bits per heavy atom. The zero-order valence-corrected chi connectivity index (χ0v) is 12.6. The number of primary sulfonamides is 1. The van der Waals surface area contributed by atoms with Gasteiger partial charge in [0, 0.05) is 5.56 Å². The summed E-state index contributed by atoms with van der Waals surface area (Å²) in [6.45, 7) is 0. The van der Waals surface area contributed by atoms with Crippen LogP contribution in [-0.4, -0.2) is 8.42 Å². The summed E-state index contributed by atoms with van der Waals surface area (Å²) in [6.07, 6.45) is 0. The van der Waals surface area contributed by atoms with Crippen molar-refractivity contribution in [3.05, 3.63) is 78.9 Å². The van der Waals surface area contributed by atoms with Gasteiger partial charge in [-0.2, -0.15) is 0 Å². The first-order valence-electron chi connectivity index (χ1n) is 6.84. The van der Waals surface area contributed by atoms with Crippen molar-refractivity contribution in [2.75, 3.05) is 0 Å². The van der Waals surface area contributed by atoms with Crippen molar-refractivity contribution < 1.29 is 8.42 Å². The molecule has 0 bridgehead atoms. The number of sulfonamides is 1. The van der Waals surface area contributed by atoms with Crippen LogP contribution >= 0.6 is 0 Å². The number of hydrogen-bond donors (Lipinski definition) is 1. The van der Waals surface area contributed by atoms with E-state index in [-0.39, 0.29) is 4.90 Å². The van der Waals surface area contributed by atoms with Crippen LogP contribution in [-0.2, 0) is 10.0 Å².